The lowest BCUT2D eigenvalue weighted by atomic mass is 10.1. The highest BCUT2D eigenvalue weighted by Crippen LogP contribution is 2.39. The highest BCUT2D eigenvalue weighted by Gasteiger charge is 2.41. The molecule has 0 aliphatic carbocycles. The third-order valence-electron chi connectivity index (χ3n) is 4.47. The van der Waals surface area contributed by atoms with Crippen molar-refractivity contribution in [2.75, 3.05) is 0 Å². The molecule has 1 aromatic heterocycles. The van der Waals surface area contributed by atoms with Gasteiger partial charge in [-0.3, -0.25) is 9.69 Å². The average Bonchev–Trinajstić information content (AvgIpc) is 3.29. The lowest BCUT2D eigenvalue weighted by Gasteiger charge is -2.23. The molecule has 2 heterocycles. The van der Waals surface area contributed by atoms with Crippen LogP contribution in [0.15, 0.2) is 76.1 Å². The number of thiocarbonyl (C=S) groups is 1. The number of hydrogen-bond donors (Lipinski definition) is 1. The van der Waals surface area contributed by atoms with Gasteiger partial charge < -0.3 is 9.52 Å². The fraction of sp³-hybridized carbons (Fsp3) is 0.0455. The van der Waals surface area contributed by atoms with E-state index in [9.17, 15) is 14.7 Å². The van der Waals surface area contributed by atoms with E-state index in [2.05, 4.69) is 0 Å². The number of carboxylic acid groups (broad SMARTS) is 1. The van der Waals surface area contributed by atoms with Crippen molar-refractivity contribution in [3.63, 3.8) is 0 Å². The Balaban J connectivity index is 1.64. The highest BCUT2D eigenvalue weighted by atomic mass is 35.5. The molecule has 0 spiro atoms. The normalized spacial score (nSPS) is 16.3. The van der Waals surface area contributed by atoms with Gasteiger partial charge in [0.2, 0.25) is 0 Å². The van der Waals surface area contributed by atoms with E-state index in [1.165, 1.54) is 0 Å². The summed E-state index contributed by atoms with van der Waals surface area (Å²) in [5.74, 6) is -0.623. The van der Waals surface area contributed by atoms with Crippen LogP contribution < -0.4 is 0 Å². The van der Waals surface area contributed by atoms with Crippen LogP contribution in [0.5, 0.6) is 0 Å². The largest absolute Gasteiger partial charge is 0.479 e. The van der Waals surface area contributed by atoms with Crippen LogP contribution in [0.4, 0.5) is 0 Å². The molecular weight excluding hydrogens is 442 g/mol. The summed E-state index contributed by atoms with van der Waals surface area (Å²) in [6.45, 7) is 0. The Bertz CT molecular complexity index is 1170. The van der Waals surface area contributed by atoms with Crippen LogP contribution in [0, 0.1) is 0 Å². The fourth-order valence-electron chi connectivity index (χ4n) is 3.11. The summed E-state index contributed by atoms with van der Waals surface area (Å²) in [6, 6.07) is 18.1. The maximum atomic E-state index is 13.0. The summed E-state index contributed by atoms with van der Waals surface area (Å²) >= 11 is 12.6. The summed E-state index contributed by atoms with van der Waals surface area (Å²) in [5.41, 5.74) is 1.21. The highest BCUT2D eigenvalue weighted by molar-refractivity contribution is 8.26. The molecule has 5 nitrogen and oxygen atoms in total. The quantitative estimate of drug-likeness (QED) is 0.397. The predicted octanol–water partition coefficient (Wildman–Crippen LogP) is 5.63. The zero-order chi connectivity index (χ0) is 21.3. The summed E-state index contributed by atoms with van der Waals surface area (Å²) < 4.78 is 6.00. The first-order valence-corrected chi connectivity index (χ1v) is 10.5. The van der Waals surface area contributed by atoms with Gasteiger partial charge in [-0.1, -0.05) is 78.0 Å². The number of thioether (sulfide) groups is 1. The van der Waals surface area contributed by atoms with E-state index in [1.807, 2.05) is 18.2 Å². The van der Waals surface area contributed by atoms with E-state index < -0.39 is 17.9 Å². The Hall–Kier alpha value is -2.87. The summed E-state index contributed by atoms with van der Waals surface area (Å²) in [5, 5.41) is 10.3. The molecule has 8 heteroatoms. The molecule has 3 aromatic rings. The second kappa shape index (κ2) is 8.47. The van der Waals surface area contributed by atoms with Crippen LogP contribution in [0.1, 0.15) is 17.4 Å². The third kappa shape index (κ3) is 3.92. The molecule has 0 bridgehead atoms. The molecule has 1 N–H and O–H groups in total. The molecule has 0 unspecified atom stereocenters. The number of halogens is 1. The SMILES string of the molecule is O=C(O)[C@@H](c1ccccc1)N1C(=O)/C(=C\c2ccc(-c3ccccc3Cl)o2)SC1=S. The van der Waals surface area contributed by atoms with Crippen molar-refractivity contribution in [2.45, 2.75) is 6.04 Å². The van der Waals surface area contributed by atoms with Gasteiger partial charge in [-0.15, -0.1) is 0 Å². The van der Waals surface area contributed by atoms with Crippen molar-refractivity contribution >= 4 is 57.9 Å². The third-order valence-corrected chi connectivity index (χ3v) is 6.13. The zero-order valence-electron chi connectivity index (χ0n) is 15.3. The predicted molar refractivity (Wildman–Crippen MR) is 121 cm³/mol. The zero-order valence-corrected chi connectivity index (χ0v) is 17.7. The number of hydrogen-bond acceptors (Lipinski definition) is 5. The van der Waals surface area contributed by atoms with Crippen molar-refractivity contribution in [3.8, 4) is 11.3 Å². The van der Waals surface area contributed by atoms with E-state index in [0.29, 0.717) is 27.0 Å². The second-order valence-electron chi connectivity index (χ2n) is 6.39. The van der Waals surface area contributed by atoms with Gasteiger partial charge in [0, 0.05) is 11.6 Å². The number of rotatable bonds is 5. The van der Waals surface area contributed by atoms with Gasteiger partial charge in [-0.2, -0.15) is 0 Å². The van der Waals surface area contributed by atoms with Crippen LogP contribution >= 0.6 is 35.6 Å². The van der Waals surface area contributed by atoms with Crippen LogP contribution in [-0.4, -0.2) is 26.2 Å². The number of aliphatic carboxylic acids is 1. The van der Waals surface area contributed by atoms with Crippen LogP contribution in [-0.2, 0) is 9.59 Å². The number of furan rings is 1. The van der Waals surface area contributed by atoms with Gasteiger partial charge in [0.1, 0.15) is 15.8 Å². The molecule has 1 fully saturated rings. The minimum atomic E-state index is -1.19. The van der Waals surface area contributed by atoms with E-state index >= 15 is 0 Å². The smallest absolute Gasteiger partial charge is 0.331 e. The first-order valence-electron chi connectivity index (χ1n) is 8.85. The minimum Gasteiger partial charge on any atom is -0.479 e. The minimum absolute atomic E-state index is 0.181. The van der Waals surface area contributed by atoms with Crippen molar-refractivity contribution in [1.29, 1.82) is 0 Å². The molecule has 1 aliphatic heterocycles. The number of benzene rings is 2. The molecule has 1 amide bonds. The standard InChI is InChI=1S/C22H14ClNO4S2/c23-16-9-5-4-8-15(16)17-11-10-14(28-17)12-18-20(25)24(22(29)30-18)19(21(26)27)13-6-2-1-3-7-13/h1-12,19H,(H,26,27)/b18-12+/t19-/m1/s1. The lowest BCUT2D eigenvalue weighted by Crippen LogP contribution is -2.37. The molecular formula is C22H14ClNO4S2. The monoisotopic (exact) mass is 455 g/mol. The van der Waals surface area contributed by atoms with E-state index in [-0.39, 0.29) is 4.32 Å². The maximum Gasteiger partial charge on any atom is 0.331 e. The average molecular weight is 456 g/mol. The maximum absolute atomic E-state index is 13.0. The lowest BCUT2D eigenvalue weighted by molar-refractivity contribution is -0.145. The molecule has 1 atom stereocenters. The van der Waals surface area contributed by atoms with Gasteiger partial charge in [0.25, 0.3) is 5.91 Å². The van der Waals surface area contributed by atoms with Crippen LogP contribution in [0.3, 0.4) is 0 Å². The molecule has 150 valence electrons. The molecule has 1 saturated heterocycles. The second-order valence-corrected chi connectivity index (χ2v) is 8.47. The first-order chi connectivity index (χ1) is 14.5. The number of nitrogens with zero attached hydrogens (tertiary/aromatic N) is 1. The molecule has 4 rings (SSSR count). The van der Waals surface area contributed by atoms with Crippen molar-refractivity contribution in [3.05, 3.63) is 88.0 Å². The van der Waals surface area contributed by atoms with Gasteiger partial charge in [0.15, 0.2) is 6.04 Å². The van der Waals surface area contributed by atoms with Gasteiger partial charge in [0.05, 0.1) is 9.93 Å². The first kappa shape index (κ1) is 20.4. The number of amides is 1. The van der Waals surface area contributed by atoms with Crippen molar-refractivity contribution in [1.82, 2.24) is 4.90 Å². The fourth-order valence-corrected chi connectivity index (χ4v) is 4.63. The number of carbonyl (C=O) groups excluding carboxylic acids is 1. The summed E-state index contributed by atoms with van der Waals surface area (Å²) in [7, 11) is 0. The number of carbonyl (C=O) groups is 2. The van der Waals surface area contributed by atoms with Crippen LogP contribution in [0.25, 0.3) is 17.4 Å². The molecule has 2 aromatic carbocycles. The molecule has 0 saturated carbocycles. The molecule has 1 aliphatic rings. The van der Waals surface area contributed by atoms with E-state index in [1.54, 1.807) is 54.6 Å². The van der Waals surface area contributed by atoms with Gasteiger partial charge in [-0.25, -0.2) is 4.79 Å². The summed E-state index contributed by atoms with van der Waals surface area (Å²) in [4.78, 5) is 26.3. The van der Waals surface area contributed by atoms with Crippen molar-refractivity contribution in [2.24, 2.45) is 0 Å². The Morgan fingerprint density at radius 3 is 2.50 bits per heavy atom. The van der Waals surface area contributed by atoms with Gasteiger partial charge in [-0.05, 0) is 29.8 Å². The Morgan fingerprint density at radius 2 is 1.80 bits per heavy atom. The van der Waals surface area contributed by atoms with Gasteiger partial charge >= 0.3 is 5.97 Å². The van der Waals surface area contributed by atoms with E-state index in [0.717, 1.165) is 22.2 Å². The molecule has 0 radical (unpaired) electrons. The Morgan fingerprint density at radius 1 is 1.10 bits per heavy atom. The number of carboxylic acids is 1. The Kier molecular flexibility index (Phi) is 5.76. The van der Waals surface area contributed by atoms with Crippen molar-refractivity contribution < 1.29 is 19.1 Å². The Labute approximate surface area is 186 Å². The van der Waals surface area contributed by atoms with Crippen LogP contribution in [0.2, 0.25) is 5.02 Å². The van der Waals surface area contributed by atoms with E-state index in [4.69, 9.17) is 28.2 Å². The topological polar surface area (TPSA) is 70.8 Å². The molecule has 30 heavy (non-hydrogen) atoms. The summed E-state index contributed by atoms with van der Waals surface area (Å²) in [6.07, 6.45) is 1.56.